The first-order valence-electron chi connectivity index (χ1n) is 6.58. The Kier molecular flexibility index (Phi) is 4.11. The Balaban J connectivity index is 2.30. The predicted molar refractivity (Wildman–Crippen MR) is 80.0 cm³/mol. The van der Waals surface area contributed by atoms with Gasteiger partial charge in [0.15, 0.2) is 5.65 Å². The van der Waals surface area contributed by atoms with Gasteiger partial charge in [-0.25, -0.2) is 14.6 Å². The van der Waals surface area contributed by atoms with Crippen LogP contribution in [0, 0.1) is 0 Å². The summed E-state index contributed by atoms with van der Waals surface area (Å²) in [4.78, 5) is 27.6. The van der Waals surface area contributed by atoms with Crippen LogP contribution in [0.1, 0.15) is 13.8 Å². The number of esters is 1. The molecule has 0 spiro atoms. The van der Waals surface area contributed by atoms with Gasteiger partial charge in [0, 0.05) is 25.9 Å². The zero-order valence-corrected chi connectivity index (χ0v) is 12.5. The molecule has 0 aliphatic carbocycles. The maximum Gasteiger partial charge on any atom is 0.332 e. The highest BCUT2D eigenvalue weighted by Crippen LogP contribution is 2.14. The van der Waals surface area contributed by atoms with E-state index in [1.807, 2.05) is 6.07 Å². The molecule has 0 fully saturated rings. The summed E-state index contributed by atoms with van der Waals surface area (Å²) in [5, 5.41) is 3.00. The van der Waals surface area contributed by atoms with Gasteiger partial charge in [0.25, 0.3) is 0 Å². The Morgan fingerprint density at radius 3 is 2.76 bits per heavy atom. The molecule has 2 heterocycles. The van der Waals surface area contributed by atoms with Crippen LogP contribution in [0.3, 0.4) is 0 Å². The van der Waals surface area contributed by atoms with Gasteiger partial charge in [-0.3, -0.25) is 9.13 Å². The zero-order chi connectivity index (χ0) is 15.6. The first-order chi connectivity index (χ1) is 9.93. The molecule has 0 unspecified atom stereocenters. The fourth-order valence-electron chi connectivity index (χ4n) is 2.04. The van der Waals surface area contributed by atoms with Crippen molar-refractivity contribution in [2.24, 2.45) is 14.1 Å². The quantitative estimate of drug-likeness (QED) is 0.675. The number of carbonyl (C=O) groups is 1. The number of anilines is 1. The van der Waals surface area contributed by atoms with Crippen molar-refractivity contribution in [1.29, 1.82) is 0 Å². The maximum atomic E-state index is 11.8. The fraction of sp³-hybridized carbons (Fsp3) is 0.357. The van der Waals surface area contributed by atoms with Gasteiger partial charge in [-0.05, 0) is 26.0 Å². The van der Waals surface area contributed by atoms with Crippen LogP contribution >= 0.6 is 0 Å². The van der Waals surface area contributed by atoms with Gasteiger partial charge in [-0.15, -0.1) is 0 Å². The number of nitrogens with one attached hydrogen (secondary N) is 1. The van der Waals surface area contributed by atoms with E-state index >= 15 is 0 Å². The van der Waals surface area contributed by atoms with E-state index in [0.717, 1.165) is 5.52 Å². The summed E-state index contributed by atoms with van der Waals surface area (Å²) in [5.74, 6) is 0.150. The van der Waals surface area contributed by atoms with E-state index in [-0.39, 0.29) is 5.69 Å². The summed E-state index contributed by atoms with van der Waals surface area (Å²) in [7, 11) is 3.37. The van der Waals surface area contributed by atoms with Crippen LogP contribution in [-0.2, 0) is 23.6 Å². The van der Waals surface area contributed by atoms with Crippen LogP contribution in [0.5, 0.6) is 0 Å². The van der Waals surface area contributed by atoms with Crippen LogP contribution in [0.4, 0.5) is 5.82 Å². The molecule has 2 rings (SSSR count). The molecule has 0 aromatic carbocycles. The number of hydrogen-bond acceptors (Lipinski definition) is 5. The number of hydrogen-bond donors (Lipinski definition) is 1. The van der Waals surface area contributed by atoms with Crippen molar-refractivity contribution >= 4 is 23.0 Å². The van der Waals surface area contributed by atoms with Crippen molar-refractivity contribution in [1.82, 2.24) is 14.1 Å². The Hall–Kier alpha value is -2.57. The highest BCUT2D eigenvalue weighted by molar-refractivity contribution is 5.83. The second-order valence-corrected chi connectivity index (χ2v) is 4.64. The predicted octanol–water partition coefficient (Wildman–Crippen LogP) is 1.15. The Bertz CT molecular complexity index is 770. The lowest BCUT2D eigenvalue weighted by Gasteiger charge is -2.06. The van der Waals surface area contributed by atoms with E-state index in [1.165, 1.54) is 15.2 Å². The summed E-state index contributed by atoms with van der Waals surface area (Å²) in [6.07, 6.45) is 1.36. The smallest absolute Gasteiger partial charge is 0.332 e. The fourth-order valence-corrected chi connectivity index (χ4v) is 2.04. The van der Waals surface area contributed by atoms with Crippen LogP contribution in [0.2, 0.25) is 0 Å². The molecule has 2 aromatic heterocycles. The molecule has 7 heteroatoms. The molecule has 7 nitrogen and oxygen atoms in total. The Labute approximate surface area is 121 Å². The molecule has 0 amide bonds. The second kappa shape index (κ2) is 5.82. The molecule has 2 aromatic rings. The summed E-state index contributed by atoms with van der Waals surface area (Å²) in [5.41, 5.74) is 1.81. The van der Waals surface area contributed by atoms with E-state index in [9.17, 15) is 9.59 Å². The van der Waals surface area contributed by atoms with Gasteiger partial charge >= 0.3 is 11.7 Å². The number of imidazole rings is 1. The number of carbonyl (C=O) groups excluding carboxylic acids is 1. The average molecular weight is 290 g/mol. The van der Waals surface area contributed by atoms with Crippen LogP contribution < -0.4 is 11.0 Å². The minimum absolute atomic E-state index is 0.131. The van der Waals surface area contributed by atoms with Gasteiger partial charge in [0.2, 0.25) is 0 Å². The largest absolute Gasteiger partial charge is 0.463 e. The molecule has 0 radical (unpaired) electrons. The van der Waals surface area contributed by atoms with Crippen molar-refractivity contribution in [2.75, 3.05) is 11.9 Å². The minimum atomic E-state index is -0.407. The molecule has 0 bridgehead atoms. The number of aryl methyl sites for hydroxylation is 2. The van der Waals surface area contributed by atoms with Crippen molar-refractivity contribution in [3.63, 3.8) is 0 Å². The van der Waals surface area contributed by atoms with E-state index < -0.39 is 5.97 Å². The van der Waals surface area contributed by atoms with E-state index in [0.29, 0.717) is 23.8 Å². The third-order valence-electron chi connectivity index (χ3n) is 3.05. The highest BCUT2D eigenvalue weighted by Gasteiger charge is 2.09. The van der Waals surface area contributed by atoms with E-state index in [1.54, 1.807) is 34.0 Å². The highest BCUT2D eigenvalue weighted by atomic mass is 16.5. The molecule has 0 atom stereocenters. The van der Waals surface area contributed by atoms with Gasteiger partial charge < -0.3 is 10.1 Å². The zero-order valence-electron chi connectivity index (χ0n) is 12.5. The monoisotopic (exact) mass is 290 g/mol. The second-order valence-electron chi connectivity index (χ2n) is 4.64. The van der Waals surface area contributed by atoms with Crippen molar-refractivity contribution in [3.8, 4) is 0 Å². The standard InChI is InChI=1S/C14H18N4O3/c1-5-21-12(19)8-9(2)15-11-7-6-10-13(16-11)18(4)14(20)17(10)3/h6-8H,5H2,1-4H3,(H,15,16). The number of ether oxygens (including phenoxy) is 1. The molecule has 0 aliphatic heterocycles. The number of fused-ring (bicyclic) bond motifs is 1. The molecule has 0 aliphatic rings. The summed E-state index contributed by atoms with van der Waals surface area (Å²) in [6, 6.07) is 3.56. The molecule has 0 saturated heterocycles. The summed E-state index contributed by atoms with van der Waals surface area (Å²) >= 11 is 0. The van der Waals surface area contributed by atoms with Crippen LogP contribution in [0.15, 0.2) is 28.7 Å². The van der Waals surface area contributed by atoms with Gasteiger partial charge in [0.1, 0.15) is 5.82 Å². The number of allylic oxidation sites excluding steroid dienone is 1. The summed E-state index contributed by atoms with van der Waals surface area (Å²) in [6.45, 7) is 3.83. The first kappa shape index (κ1) is 14.8. The molecule has 1 N–H and O–H groups in total. The Morgan fingerprint density at radius 2 is 2.10 bits per heavy atom. The number of pyridine rings is 1. The molecular weight excluding hydrogens is 272 g/mol. The lowest BCUT2D eigenvalue weighted by Crippen LogP contribution is -2.19. The van der Waals surface area contributed by atoms with Crippen molar-refractivity contribution in [2.45, 2.75) is 13.8 Å². The van der Waals surface area contributed by atoms with Crippen LogP contribution in [0.25, 0.3) is 11.2 Å². The maximum absolute atomic E-state index is 11.8. The first-order valence-corrected chi connectivity index (χ1v) is 6.58. The average Bonchev–Trinajstić information content (AvgIpc) is 2.64. The summed E-state index contributed by atoms with van der Waals surface area (Å²) < 4.78 is 7.85. The third kappa shape index (κ3) is 2.96. The van der Waals surface area contributed by atoms with Gasteiger partial charge in [-0.1, -0.05) is 0 Å². The molecule has 112 valence electrons. The number of nitrogens with zero attached hydrogens (tertiary/aromatic N) is 3. The van der Waals surface area contributed by atoms with E-state index in [2.05, 4.69) is 10.3 Å². The molecule has 21 heavy (non-hydrogen) atoms. The van der Waals surface area contributed by atoms with Crippen molar-refractivity contribution in [3.05, 3.63) is 34.4 Å². The van der Waals surface area contributed by atoms with Gasteiger partial charge in [-0.2, -0.15) is 0 Å². The molecular formula is C14H18N4O3. The van der Waals surface area contributed by atoms with Crippen LogP contribution in [-0.4, -0.2) is 26.7 Å². The number of aromatic nitrogens is 3. The lowest BCUT2D eigenvalue weighted by molar-refractivity contribution is -0.137. The SMILES string of the molecule is CCOC(=O)C=C(C)Nc1ccc2c(n1)n(C)c(=O)n2C. The normalized spacial score (nSPS) is 11.7. The van der Waals surface area contributed by atoms with E-state index in [4.69, 9.17) is 4.74 Å². The molecule has 0 saturated carbocycles. The lowest BCUT2D eigenvalue weighted by atomic mass is 10.3. The number of rotatable bonds is 4. The Morgan fingerprint density at radius 1 is 1.38 bits per heavy atom. The third-order valence-corrected chi connectivity index (χ3v) is 3.05. The topological polar surface area (TPSA) is 78.2 Å². The van der Waals surface area contributed by atoms with Crippen molar-refractivity contribution < 1.29 is 9.53 Å². The minimum Gasteiger partial charge on any atom is -0.463 e. The van der Waals surface area contributed by atoms with Gasteiger partial charge in [0.05, 0.1) is 12.1 Å².